The van der Waals surface area contributed by atoms with Gasteiger partial charge in [0.25, 0.3) is 5.91 Å². The SMILES string of the molecule is CCCCN(C)C(=O)c1cc(S(C)(=O)=O)ccc1Cl. The van der Waals surface area contributed by atoms with Gasteiger partial charge in [-0.25, -0.2) is 8.42 Å². The minimum atomic E-state index is -3.35. The Bertz CT molecular complexity index is 569. The molecule has 0 unspecified atom stereocenters. The molecular formula is C13H18ClNO3S. The lowest BCUT2D eigenvalue weighted by Gasteiger charge is -2.17. The zero-order valence-corrected chi connectivity index (χ0v) is 12.9. The summed E-state index contributed by atoms with van der Waals surface area (Å²) in [5.74, 6) is -0.260. The zero-order valence-electron chi connectivity index (χ0n) is 11.3. The van der Waals surface area contributed by atoms with E-state index in [0.717, 1.165) is 19.1 Å². The van der Waals surface area contributed by atoms with Crippen LogP contribution >= 0.6 is 11.6 Å². The zero-order chi connectivity index (χ0) is 14.6. The van der Waals surface area contributed by atoms with Gasteiger partial charge in [-0.15, -0.1) is 0 Å². The first-order chi connectivity index (χ1) is 8.77. The second-order valence-corrected chi connectivity index (χ2v) is 6.92. The molecule has 0 aliphatic rings. The van der Waals surface area contributed by atoms with E-state index in [0.29, 0.717) is 6.54 Å². The number of halogens is 1. The lowest BCUT2D eigenvalue weighted by atomic mass is 10.2. The van der Waals surface area contributed by atoms with Crippen molar-refractivity contribution in [2.75, 3.05) is 19.8 Å². The Hall–Kier alpha value is -1.07. The van der Waals surface area contributed by atoms with E-state index in [1.165, 1.54) is 18.2 Å². The molecule has 1 rings (SSSR count). The average Bonchev–Trinajstić information content (AvgIpc) is 2.34. The van der Waals surface area contributed by atoms with Gasteiger partial charge >= 0.3 is 0 Å². The molecule has 0 spiro atoms. The van der Waals surface area contributed by atoms with Crippen molar-refractivity contribution in [1.82, 2.24) is 4.90 Å². The highest BCUT2D eigenvalue weighted by Crippen LogP contribution is 2.21. The molecule has 0 saturated carbocycles. The molecule has 6 heteroatoms. The molecular weight excluding hydrogens is 286 g/mol. The van der Waals surface area contributed by atoms with Crippen LogP contribution in [-0.2, 0) is 9.84 Å². The number of unbranched alkanes of at least 4 members (excludes halogenated alkanes) is 1. The first-order valence-electron chi connectivity index (χ1n) is 6.02. The predicted molar refractivity (Wildman–Crippen MR) is 76.4 cm³/mol. The highest BCUT2D eigenvalue weighted by atomic mass is 35.5. The summed E-state index contributed by atoms with van der Waals surface area (Å²) in [6.45, 7) is 2.66. The maximum Gasteiger partial charge on any atom is 0.255 e. The van der Waals surface area contributed by atoms with Crippen LogP contribution in [0.25, 0.3) is 0 Å². The third kappa shape index (κ3) is 4.21. The van der Waals surface area contributed by atoms with Gasteiger partial charge in [-0.3, -0.25) is 4.79 Å². The fourth-order valence-corrected chi connectivity index (χ4v) is 2.45. The van der Waals surface area contributed by atoms with E-state index in [4.69, 9.17) is 11.6 Å². The van der Waals surface area contributed by atoms with Crippen molar-refractivity contribution >= 4 is 27.3 Å². The van der Waals surface area contributed by atoms with Crippen LogP contribution in [0.2, 0.25) is 5.02 Å². The van der Waals surface area contributed by atoms with E-state index in [2.05, 4.69) is 0 Å². The summed E-state index contributed by atoms with van der Waals surface area (Å²) >= 11 is 5.98. The highest BCUT2D eigenvalue weighted by Gasteiger charge is 2.18. The Morgan fingerprint density at radius 2 is 2.00 bits per heavy atom. The molecule has 0 radical (unpaired) electrons. The Kier molecular flexibility index (Phi) is 5.38. The number of hydrogen-bond donors (Lipinski definition) is 0. The Morgan fingerprint density at radius 3 is 2.53 bits per heavy atom. The minimum absolute atomic E-state index is 0.101. The van der Waals surface area contributed by atoms with Crippen LogP contribution in [-0.4, -0.2) is 39.1 Å². The summed E-state index contributed by atoms with van der Waals surface area (Å²) < 4.78 is 23.0. The lowest BCUT2D eigenvalue weighted by Crippen LogP contribution is -2.28. The van der Waals surface area contributed by atoms with Crippen LogP contribution in [0.15, 0.2) is 23.1 Å². The second-order valence-electron chi connectivity index (χ2n) is 4.49. The molecule has 0 saturated heterocycles. The third-order valence-corrected chi connectivity index (χ3v) is 4.23. The van der Waals surface area contributed by atoms with Crippen molar-refractivity contribution in [1.29, 1.82) is 0 Å². The van der Waals surface area contributed by atoms with Gasteiger partial charge in [-0.1, -0.05) is 24.9 Å². The smallest absolute Gasteiger partial charge is 0.255 e. The highest BCUT2D eigenvalue weighted by molar-refractivity contribution is 7.90. The molecule has 0 atom stereocenters. The van der Waals surface area contributed by atoms with Gasteiger partial charge in [0.2, 0.25) is 0 Å². The average molecular weight is 304 g/mol. The number of hydrogen-bond acceptors (Lipinski definition) is 3. The number of benzene rings is 1. The molecule has 0 fully saturated rings. The van der Waals surface area contributed by atoms with Gasteiger partial charge in [0.1, 0.15) is 0 Å². The molecule has 19 heavy (non-hydrogen) atoms. The molecule has 4 nitrogen and oxygen atoms in total. The topological polar surface area (TPSA) is 54.5 Å². The number of carbonyl (C=O) groups is 1. The summed E-state index contributed by atoms with van der Waals surface area (Å²) in [5, 5.41) is 0.265. The summed E-state index contributed by atoms with van der Waals surface area (Å²) in [5.41, 5.74) is 0.225. The molecule has 1 amide bonds. The van der Waals surface area contributed by atoms with Gasteiger partial charge in [0.05, 0.1) is 15.5 Å². The van der Waals surface area contributed by atoms with Crippen molar-refractivity contribution in [3.05, 3.63) is 28.8 Å². The maximum absolute atomic E-state index is 12.2. The predicted octanol–water partition coefficient (Wildman–Crippen LogP) is 2.62. The molecule has 0 aliphatic carbocycles. The monoisotopic (exact) mass is 303 g/mol. The van der Waals surface area contributed by atoms with Gasteiger partial charge in [-0.05, 0) is 24.6 Å². The molecule has 106 valence electrons. The normalized spacial score (nSPS) is 11.4. The van der Waals surface area contributed by atoms with E-state index in [1.54, 1.807) is 11.9 Å². The molecule has 0 N–H and O–H groups in total. The van der Waals surface area contributed by atoms with Crippen molar-refractivity contribution in [3.8, 4) is 0 Å². The van der Waals surface area contributed by atoms with Crippen LogP contribution in [0.4, 0.5) is 0 Å². The van der Waals surface area contributed by atoms with Crippen LogP contribution in [0, 0.1) is 0 Å². The van der Waals surface area contributed by atoms with E-state index >= 15 is 0 Å². The van der Waals surface area contributed by atoms with E-state index in [1.807, 2.05) is 6.92 Å². The maximum atomic E-state index is 12.2. The number of amides is 1. The third-order valence-electron chi connectivity index (χ3n) is 2.79. The minimum Gasteiger partial charge on any atom is -0.342 e. The van der Waals surface area contributed by atoms with E-state index in [-0.39, 0.29) is 21.4 Å². The van der Waals surface area contributed by atoms with Gasteiger partial charge < -0.3 is 4.90 Å². The summed E-state index contributed by atoms with van der Waals surface area (Å²) in [6, 6.07) is 4.18. The van der Waals surface area contributed by atoms with Crippen molar-refractivity contribution in [2.45, 2.75) is 24.7 Å². The van der Waals surface area contributed by atoms with Crippen molar-refractivity contribution < 1.29 is 13.2 Å². The first-order valence-corrected chi connectivity index (χ1v) is 8.29. The Labute approximate surface area is 119 Å². The number of nitrogens with zero attached hydrogens (tertiary/aromatic N) is 1. The number of carbonyl (C=O) groups excluding carboxylic acids is 1. The molecule has 0 bridgehead atoms. The summed E-state index contributed by atoms with van der Waals surface area (Å²) in [7, 11) is -1.67. The quantitative estimate of drug-likeness (QED) is 0.840. The molecule has 0 heterocycles. The molecule has 1 aromatic rings. The number of sulfone groups is 1. The Morgan fingerprint density at radius 1 is 1.37 bits per heavy atom. The largest absolute Gasteiger partial charge is 0.342 e. The van der Waals surface area contributed by atoms with E-state index < -0.39 is 9.84 Å². The standard InChI is InChI=1S/C13H18ClNO3S/c1-4-5-8-15(2)13(16)11-9-10(19(3,17)18)6-7-12(11)14/h6-7,9H,4-5,8H2,1-3H3. The van der Waals surface area contributed by atoms with Gasteiger partial charge in [0.15, 0.2) is 9.84 Å². The molecule has 0 aromatic heterocycles. The van der Waals surface area contributed by atoms with Crippen molar-refractivity contribution in [2.24, 2.45) is 0 Å². The number of rotatable bonds is 5. The van der Waals surface area contributed by atoms with Gasteiger partial charge in [0, 0.05) is 19.8 Å². The first kappa shape index (κ1) is 16.0. The fourth-order valence-electron chi connectivity index (χ4n) is 1.60. The van der Waals surface area contributed by atoms with Crippen LogP contribution in [0.3, 0.4) is 0 Å². The van der Waals surface area contributed by atoms with Crippen molar-refractivity contribution in [3.63, 3.8) is 0 Å². The van der Waals surface area contributed by atoms with E-state index in [9.17, 15) is 13.2 Å². The van der Waals surface area contributed by atoms with Crippen LogP contribution < -0.4 is 0 Å². The molecule has 1 aromatic carbocycles. The Balaban J connectivity index is 3.09. The lowest BCUT2D eigenvalue weighted by molar-refractivity contribution is 0.0793. The summed E-state index contributed by atoms with van der Waals surface area (Å²) in [4.78, 5) is 13.9. The second kappa shape index (κ2) is 6.39. The van der Waals surface area contributed by atoms with Crippen LogP contribution in [0.5, 0.6) is 0 Å². The summed E-state index contributed by atoms with van der Waals surface area (Å²) in [6.07, 6.45) is 2.98. The molecule has 0 aliphatic heterocycles. The van der Waals surface area contributed by atoms with Crippen LogP contribution in [0.1, 0.15) is 30.1 Å². The fraction of sp³-hybridized carbons (Fsp3) is 0.462. The van der Waals surface area contributed by atoms with Gasteiger partial charge in [-0.2, -0.15) is 0 Å².